The van der Waals surface area contributed by atoms with Gasteiger partial charge in [0.05, 0.1) is 5.69 Å². The first-order valence-electron chi connectivity index (χ1n) is 9.35. The number of hydrogen-bond donors (Lipinski definition) is 3. The maximum absolute atomic E-state index is 12.1. The van der Waals surface area contributed by atoms with Crippen LogP contribution < -0.4 is 16.8 Å². The molecule has 3 rings (SSSR count). The van der Waals surface area contributed by atoms with E-state index in [0.29, 0.717) is 17.8 Å². The molecule has 1 saturated carbocycles. The van der Waals surface area contributed by atoms with E-state index < -0.39 is 0 Å². The van der Waals surface area contributed by atoms with Gasteiger partial charge in [0, 0.05) is 43.6 Å². The van der Waals surface area contributed by atoms with Gasteiger partial charge in [0.2, 0.25) is 11.9 Å². The second kappa shape index (κ2) is 7.56. The summed E-state index contributed by atoms with van der Waals surface area (Å²) in [6.45, 7) is 6.47. The molecule has 7 heteroatoms. The average Bonchev–Trinajstić information content (AvgIpc) is 2.56. The lowest BCUT2D eigenvalue weighted by Gasteiger charge is -2.33. The quantitative estimate of drug-likeness (QED) is 0.746. The summed E-state index contributed by atoms with van der Waals surface area (Å²) < 4.78 is 0. The van der Waals surface area contributed by atoms with Crippen molar-refractivity contribution < 1.29 is 4.79 Å². The Morgan fingerprint density at radius 3 is 2.60 bits per heavy atom. The molecule has 2 heterocycles. The van der Waals surface area contributed by atoms with Crippen molar-refractivity contribution in [1.29, 1.82) is 0 Å². The third kappa shape index (κ3) is 4.39. The first kappa shape index (κ1) is 17.9. The standard InChI is InChI=1S/C18H30N6O/c1-11(2)17(25)24-5-3-12(4-6-24)10-21-16-9-15(22-18(20)23-16)13-7-14(19)8-13/h9,11-14H,3-8,10,19H2,1-2H3,(H3,20,21,22,23). The highest BCUT2D eigenvalue weighted by atomic mass is 16.2. The lowest BCUT2D eigenvalue weighted by Crippen LogP contribution is -2.41. The number of amides is 1. The number of anilines is 2. The number of nitrogens with zero attached hydrogens (tertiary/aromatic N) is 3. The van der Waals surface area contributed by atoms with Crippen LogP contribution in [0.4, 0.5) is 11.8 Å². The van der Waals surface area contributed by atoms with Crippen LogP contribution in [0.3, 0.4) is 0 Å². The lowest BCUT2D eigenvalue weighted by atomic mass is 9.78. The highest BCUT2D eigenvalue weighted by Crippen LogP contribution is 2.35. The predicted molar refractivity (Wildman–Crippen MR) is 99.0 cm³/mol. The van der Waals surface area contributed by atoms with Crippen molar-refractivity contribution in [2.24, 2.45) is 17.6 Å². The van der Waals surface area contributed by atoms with Crippen LogP contribution in [-0.2, 0) is 4.79 Å². The molecule has 1 saturated heterocycles. The van der Waals surface area contributed by atoms with Crippen molar-refractivity contribution in [2.45, 2.75) is 51.5 Å². The maximum atomic E-state index is 12.1. The molecule has 0 bridgehead atoms. The van der Waals surface area contributed by atoms with E-state index in [1.807, 2.05) is 24.8 Å². The maximum Gasteiger partial charge on any atom is 0.225 e. The number of rotatable bonds is 5. The number of nitrogen functional groups attached to an aromatic ring is 1. The molecule has 7 nitrogen and oxygen atoms in total. The van der Waals surface area contributed by atoms with Gasteiger partial charge in [-0.1, -0.05) is 13.8 Å². The van der Waals surface area contributed by atoms with Gasteiger partial charge in [0.15, 0.2) is 0 Å². The predicted octanol–water partition coefficient (Wildman–Crippen LogP) is 1.57. The summed E-state index contributed by atoms with van der Waals surface area (Å²) in [7, 11) is 0. The van der Waals surface area contributed by atoms with Crippen LogP contribution in [-0.4, -0.2) is 46.5 Å². The topological polar surface area (TPSA) is 110 Å². The SMILES string of the molecule is CC(C)C(=O)N1CCC(CNc2cc(C3CC(N)C3)nc(N)n2)CC1. The number of piperidine rings is 1. The number of nitrogens with two attached hydrogens (primary N) is 2. The van der Waals surface area contributed by atoms with E-state index in [-0.39, 0.29) is 17.9 Å². The summed E-state index contributed by atoms with van der Waals surface area (Å²) in [5.74, 6) is 2.41. The van der Waals surface area contributed by atoms with Crippen LogP contribution in [0.5, 0.6) is 0 Å². The largest absolute Gasteiger partial charge is 0.370 e. The van der Waals surface area contributed by atoms with Gasteiger partial charge in [-0.3, -0.25) is 4.79 Å². The summed E-state index contributed by atoms with van der Waals surface area (Å²) >= 11 is 0. The van der Waals surface area contributed by atoms with Crippen LogP contribution in [0, 0.1) is 11.8 Å². The molecule has 1 aliphatic heterocycles. The highest BCUT2D eigenvalue weighted by Gasteiger charge is 2.29. The lowest BCUT2D eigenvalue weighted by molar-refractivity contribution is -0.135. The van der Waals surface area contributed by atoms with Gasteiger partial charge in [0.1, 0.15) is 5.82 Å². The van der Waals surface area contributed by atoms with Gasteiger partial charge < -0.3 is 21.7 Å². The first-order valence-corrected chi connectivity index (χ1v) is 9.35. The normalized spacial score (nSPS) is 24.2. The number of carbonyl (C=O) groups excluding carboxylic acids is 1. The van der Waals surface area contributed by atoms with E-state index in [2.05, 4.69) is 15.3 Å². The first-order chi connectivity index (χ1) is 11.9. The Hall–Kier alpha value is -1.89. The van der Waals surface area contributed by atoms with E-state index in [0.717, 1.165) is 56.8 Å². The molecule has 0 unspecified atom stereocenters. The molecule has 2 aliphatic rings. The third-order valence-electron chi connectivity index (χ3n) is 5.35. The van der Waals surface area contributed by atoms with E-state index in [1.54, 1.807) is 0 Å². The minimum atomic E-state index is 0.0803. The van der Waals surface area contributed by atoms with Crippen LogP contribution in [0.2, 0.25) is 0 Å². The highest BCUT2D eigenvalue weighted by molar-refractivity contribution is 5.78. The zero-order chi connectivity index (χ0) is 18.0. The van der Waals surface area contributed by atoms with Gasteiger partial charge in [0.25, 0.3) is 0 Å². The van der Waals surface area contributed by atoms with Gasteiger partial charge >= 0.3 is 0 Å². The monoisotopic (exact) mass is 346 g/mol. The van der Waals surface area contributed by atoms with Crippen LogP contribution >= 0.6 is 0 Å². The fraction of sp³-hybridized carbons (Fsp3) is 0.722. The van der Waals surface area contributed by atoms with Gasteiger partial charge in [-0.2, -0.15) is 4.98 Å². The van der Waals surface area contributed by atoms with Crippen LogP contribution in [0.25, 0.3) is 0 Å². The molecule has 5 N–H and O–H groups in total. The number of hydrogen-bond acceptors (Lipinski definition) is 6. The van der Waals surface area contributed by atoms with Gasteiger partial charge in [-0.05, 0) is 31.6 Å². The Morgan fingerprint density at radius 1 is 1.32 bits per heavy atom. The van der Waals surface area contributed by atoms with Crippen molar-refractivity contribution in [2.75, 3.05) is 30.7 Å². The molecule has 0 spiro atoms. The zero-order valence-electron chi connectivity index (χ0n) is 15.2. The van der Waals surface area contributed by atoms with E-state index in [9.17, 15) is 4.79 Å². The van der Waals surface area contributed by atoms with Gasteiger partial charge in [-0.15, -0.1) is 0 Å². The molecule has 1 aromatic heterocycles. The average molecular weight is 346 g/mol. The molecule has 138 valence electrons. The Balaban J connectivity index is 1.50. The van der Waals surface area contributed by atoms with E-state index in [4.69, 9.17) is 11.5 Å². The Bertz CT molecular complexity index is 606. The Morgan fingerprint density at radius 2 is 2.00 bits per heavy atom. The third-order valence-corrected chi connectivity index (χ3v) is 5.35. The Kier molecular flexibility index (Phi) is 5.42. The fourth-order valence-corrected chi connectivity index (χ4v) is 3.66. The molecule has 0 atom stereocenters. The molecule has 2 fully saturated rings. The molecule has 0 radical (unpaired) electrons. The second-order valence-corrected chi connectivity index (χ2v) is 7.77. The smallest absolute Gasteiger partial charge is 0.225 e. The van der Waals surface area contributed by atoms with E-state index in [1.165, 1.54) is 0 Å². The molecular weight excluding hydrogens is 316 g/mol. The van der Waals surface area contributed by atoms with E-state index >= 15 is 0 Å². The van der Waals surface area contributed by atoms with Crippen LogP contribution in [0.15, 0.2) is 6.07 Å². The summed E-state index contributed by atoms with van der Waals surface area (Å²) in [5.41, 5.74) is 12.7. The minimum Gasteiger partial charge on any atom is -0.370 e. The second-order valence-electron chi connectivity index (χ2n) is 7.77. The number of carbonyl (C=O) groups is 1. The van der Waals surface area contributed by atoms with Gasteiger partial charge in [-0.25, -0.2) is 4.98 Å². The van der Waals surface area contributed by atoms with Crippen LogP contribution in [0.1, 0.15) is 51.1 Å². The van der Waals surface area contributed by atoms with Crippen molar-refractivity contribution in [3.05, 3.63) is 11.8 Å². The zero-order valence-corrected chi connectivity index (χ0v) is 15.2. The number of likely N-dealkylation sites (tertiary alicyclic amines) is 1. The summed E-state index contributed by atoms with van der Waals surface area (Å²) in [6, 6.07) is 2.29. The molecule has 25 heavy (non-hydrogen) atoms. The summed E-state index contributed by atoms with van der Waals surface area (Å²) in [5, 5.41) is 3.41. The molecule has 0 aromatic carbocycles. The summed E-state index contributed by atoms with van der Waals surface area (Å²) in [6.07, 6.45) is 3.99. The molecule has 1 aromatic rings. The molecular formula is C18H30N6O. The fourth-order valence-electron chi connectivity index (χ4n) is 3.66. The Labute approximate surface area is 149 Å². The number of aromatic nitrogens is 2. The van der Waals surface area contributed by atoms with Crippen molar-refractivity contribution in [1.82, 2.24) is 14.9 Å². The molecule has 1 amide bonds. The van der Waals surface area contributed by atoms with Crippen molar-refractivity contribution in [3.63, 3.8) is 0 Å². The summed E-state index contributed by atoms with van der Waals surface area (Å²) in [4.78, 5) is 22.7. The minimum absolute atomic E-state index is 0.0803. The van der Waals surface area contributed by atoms with Crippen molar-refractivity contribution >= 4 is 17.7 Å². The van der Waals surface area contributed by atoms with Crippen molar-refractivity contribution in [3.8, 4) is 0 Å². The molecule has 1 aliphatic carbocycles. The number of nitrogens with one attached hydrogen (secondary N) is 1.